The van der Waals surface area contributed by atoms with E-state index in [0.717, 1.165) is 5.56 Å². The number of ether oxygens (including phenoxy) is 1. The number of hydrogen-bond donors (Lipinski definition) is 2. The third kappa shape index (κ3) is 1.96. The van der Waals surface area contributed by atoms with Gasteiger partial charge in [0.15, 0.2) is 0 Å². The molecule has 0 atom stereocenters. The van der Waals surface area contributed by atoms with Gasteiger partial charge in [0.25, 0.3) is 0 Å². The number of carbonyl (C=O) groups is 1. The van der Waals surface area contributed by atoms with Crippen molar-refractivity contribution in [3.8, 4) is 11.4 Å². The van der Waals surface area contributed by atoms with Crippen LogP contribution >= 0.6 is 0 Å². The van der Waals surface area contributed by atoms with Crippen molar-refractivity contribution in [3.63, 3.8) is 0 Å². The molecule has 0 radical (unpaired) electrons. The molecule has 2 heterocycles. The summed E-state index contributed by atoms with van der Waals surface area (Å²) in [5, 5.41) is 6.52. The van der Waals surface area contributed by atoms with Crippen molar-refractivity contribution >= 4 is 11.8 Å². The van der Waals surface area contributed by atoms with Crippen LogP contribution in [-0.4, -0.2) is 28.3 Å². The summed E-state index contributed by atoms with van der Waals surface area (Å²) in [6, 6.07) is 3.66. The molecular formula is C11H12N4O2. The van der Waals surface area contributed by atoms with Gasteiger partial charge in [-0.25, -0.2) is 4.79 Å². The molecule has 0 aliphatic rings. The number of aryl methyl sites for hydroxylation is 1. The first-order chi connectivity index (χ1) is 8.13. The molecule has 0 aliphatic heterocycles. The second-order valence-electron chi connectivity index (χ2n) is 3.57. The normalized spacial score (nSPS) is 10.2. The van der Waals surface area contributed by atoms with E-state index in [1.807, 2.05) is 13.0 Å². The van der Waals surface area contributed by atoms with Crippen molar-refractivity contribution < 1.29 is 9.53 Å². The fourth-order valence-corrected chi connectivity index (χ4v) is 1.46. The van der Waals surface area contributed by atoms with Crippen LogP contribution in [0.2, 0.25) is 0 Å². The number of nitrogens with zero attached hydrogens (tertiary/aromatic N) is 2. The zero-order valence-electron chi connectivity index (χ0n) is 9.52. The molecule has 0 amide bonds. The van der Waals surface area contributed by atoms with Crippen LogP contribution in [0.1, 0.15) is 15.9 Å². The lowest BCUT2D eigenvalue weighted by Gasteiger charge is -2.01. The van der Waals surface area contributed by atoms with Crippen molar-refractivity contribution in [1.29, 1.82) is 0 Å². The van der Waals surface area contributed by atoms with Crippen LogP contribution in [0.25, 0.3) is 11.4 Å². The SMILES string of the molecule is COC(=O)c1c(-c2ccc(C)cn2)n[nH]c1N. The number of anilines is 1. The van der Waals surface area contributed by atoms with Gasteiger partial charge in [0.1, 0.15) is 17.1 Å². The maximum Gasteiger partial charge on any atom is 0.343 e. The molecule has 0 aromatic carbocycles. The monoisotopic (exact) mass is 232 g/mol. The van der Waals surface area contributed by atoms with E-state index in [-0.39, 0.29) is 11.4 Å². The number of H-pyrrole nitrogens is 1. The molecule has 6 nitrogen and oxygen atoms in total. The highest BCUT2D eigenvalue weighted by molar-refractivity contribution is 6.00. The van der Waals surface area contributed by atoms with Crippen LogP contribution < -0.4 is 5.73 Å². The number of aromatic nitrogens is 3. The number of carbonyl (C=O) groups excluding carboxylic acids is 1. The zero-order chi connectivity index (χ0) is 12.4. The van der Waals surface area contributed by atoms with Crippen molar-refractivity contribution in [3.05, 3.63) is 29.5 Å². The summed E-state index contributed by atoms with van der Waals surface area (Å²) in [6.45, 7) is 1.93. The summed E-state index contributed by atoms with van der Waals surface area (Å²) in [4.78, 5) is 15.8. The summed E-state index contributed by atoms with van der Waals surface area (Å²) in [7, 11) is 1.29. The number of methoxy groups -OCH3 is 1. The molecule has 6 heteroatoms. The van der Waals surface area contributed by atoms with Gasteiger partial charge >= 0.3 is 5.97 Å². The first kappa shape index (κ1) is 11.1. The third-order valence-corrected chi connectivity index (χ3v) is 2.34. The number of hydrogen-bond acceptors (Lipinski definition) is 5. The number of nitrogens with two attached hydrogens (primary N) is 1. The van der Waals surface area contributed by atoms with Gasteiger partial charge < -0.3 is 10.5 Å². The maximum absolute atomic E-state index is 11.6. The Morgan fingerprint density at radius 2 is 2.24 bits per heavy atom. The average Bonchev–Trinajstić information content (AvgIpc) is 2.71. The molecule has 0 saturated heterocycles. The smallest absolute Gasteiger partial charge is 0.343 e. The minimum absolute atomic E-state index is 0.175. The van der Waals surface area contributed by atoms with E-state index in [2.05, 4.69) is 19.9 Å². The number of nitrogens with one attached hydrogen (secondary N) is 1. The summed E-state index contributed by atoms with van der Waals surface area (Å²) in [5.74, 6) is -0.358. The Bertz CT molecular complexity index is 545. The molecule has 0 spiro atoms. The van der Waals surface area contributed by atoms with Gasteiger partial charge in [-0.3, -0.25) is 10.1 Å². The summed E-state index contributed by atoms with van der Waals surface area (Å²) < 4.78 is 4.65. The van der Waals surface area contributed by atoms with Crippen LogP contribution in [0.5, 0.6) is 0 Å². The van der Waals surface area contributed by atoms with Gasteiger partial charge in [-0.1, -0.05) is 6.07 Å². The van der Waals surface area contributed by atoms with Gasteiger partial charge in [0.05, 0.1) is 12.8 Å². The molecule has 0 aliphatic carbocycles. The quantitative estimate of drug-likeness (QED) is 0.757. The van der Waals surface area contributed by atoms with E-state index >= 15 is 0 Å². The van der Waals surface area contributed by atoms with Gasteiger partial charge in [0, 0.05) is 6.20 Å². The molecule has 0 saturated carbocycles. The van der Waals surface area contributed by atoms with E-state index in [0.29, 0.717) is 11.4 Å². The Balaban J connectivity index is 2.52. The number of rotatable bonds is 2. The van der Waals surface area contributed by atoms with Crippen LogP contribution in [-0.2, 0) is 4.74 Å². The molecule has 3 N–H and O–H groups in total. The van der Waals surface area contributed by atoms with Crippen molar-refractivity contribution in [1.82, 2.24) is 15.2 Å². The first-order valence-electron chi connectivity index (χ1n) is 4.98. The summed E-state index contributed by atoms with van der Waals surface area (Å²) in [5.41, 5.74) is 7.85. The summed E-state index contributed by atoms with van der Waals surface area (Å²) >= 11 is 0. The predicted molar refractivity (Wildman–Crippen MR) is 62.3 cm³/mol. The fourth-order valence-electron chi connectivity index (χ4n) is 1.46. The zero-order valence-corrected chi connectivity index (χ0v) is 9.52. The van der Waals surface area contributed by atoms with Gasteiger partial charge in [0.2, 0.25) is 0 Å². The van der Waals surface area contributed by atoms with Gasteiger partial charge in [-0.2, -0.15) is 5.10 Å². The maximum atomic E-state index is 11.6. The minimum Gasteiger partial charge on any atom is -0.465 e. The minimum atomic E-state index is -0.534. The average molecular weight is 232 g/mol. The standard InChI is InChI=1S/C11H12N4O2/c1-6-3-4-7(13-5-6)9-8(11(16)17-2)10(12)15-14-9/h3-5H,1-2H3,(H3,12,14,15). The number of esters is 1. The Kier molecular flexibility index (Phi) is 2.78. The highest BCUT2D eigenvalue weighted by Gasteiger charge is 2.21. The topological polar surface area (TPSA) is 93.9 Å². The molecular weight excluding hydrogens is 220 g/mol. The Morgan fingerprint density at radius 3 is 2.82 bits per heavy atom. The van der Waals surface area contributed by atoms with Crippen LogP contribution in [0.3, 0.4) is 0 Å². The van der Waals surface area contributed by atoms with Crippen molar-refractivity contribution in [2.75, 3.05) is 12.8 Å². The van der Waals surface area contributed by atoms with E-state index in [4.69, 9.17) is 5.73 Å². The van der Waals surface area contributed by atoms with Crippen molar-refractivity contribution in [2.24, 2.45) is 0 Å². The van der Waals surface area contributed by atoms with E-state index in [1.165, 1.54) is 7.11 Å². The third-order valence-electron chi connectivity index (χ3n) is 2.34. The predicted octanol–water partition coefficient (Wildman–Crippen LogP) is 1.15. The van der Waals surface area contributed by atoms with E-state index < -0.39 is 5.97 Å². The Hall–Kier alpha value is -2.37. The van der Waals surface area contributed by atoms with Crippen LogP contribution in [0.15, 0.2) is 18.3 Å². The second kappa shape index (κ2) is 4.25. The van der Waals surface area contributed by atoms with Crippen LogP contribution in [0.4, 0.5) is 5.82 Å². The molecule has 2 rings (SSSR count). The second-order valence-corrected chi connectivity index (χ2v) is 3.57. The summed E-state index contributed by atoms with van der Waals surface area (Å²) in [6.07, 6.45) is 1.70. The van der Waals surface area contributed by atoms with Crippen molar-refractivity contribution in [2.45, 2.75) is 6.92 Å². The van der Waals surface area contributed by atoms with Gasteiger partial charge in [-0.05, 0) is 18.6 Å². The fraction of sp³-hybridized carbons (Fsp3) is 0.182. The lowest BCUT2D eigenvalue weighted by Crippen LogP contribution is -2.05. The molecule has 2 aromatic rings. The van der Waals surface area contributed by atoms with Gasteiger partial charge in [-0.15, -0.1) is 0 Å². The lowest BCUT2D eigenvalue weighted by molar-refractivity contribution is 0.0603. The van der Waals surface area contributed by atoms with E-state index in [1.54, 1.807) is 12.3 Å². The number of nitrogen functional groups attached to an aromatic ring is 1. The Morgan fingerprint density at radius 1 is 1.47 bits per heavy atom. The molecule has 2 aromatic heterocycles. The molecule has 0 unspecified atom stereocenters. The lowest BCUT2D eigenvalue weighted by atomic mass is 10.1. The molecule has 17 heavy (non-hydrogen) atoms. The molecule has 88 valence electrons. The number of aromatic amines is 1. The largest absolute Gasteiger partial charge is 0.465 e. The van der Waals surface area contributed by atoms with E-state index in [9.17, 15) is 4.79 Å². The van der Waals surface area contributed by atoms with Crippen LogP contribution in [0, 0.1) is 6.92 Å². The number of pyridine rings is 1. The highest BCUT2D eigenvalue weighted by Crippen LogP contribution is 2.24. The highest BCUT2D eigenvalue weighted by atomic mass is 16.5. The first-order valence-corrected chi connectivity index (χ1v) is 4.98. The molecule has 0 bridgehead atoms. The molecule has 0 fully saturated rings. The Labute approximate surface area is 97.8 Å².